The number of nitrogens with zero attached hydrogens (tertiary/aromatic N) is 5. The van der Waals surface area contributed by atoms with Crippen molar-refractivity contribution in [3.8, 4) is 0 Å². The summed E-state index contributed by atoms with van der Waals surface area (Å²) in [7, 11) is 0. The van der Waals surface area contributed by atoms with Crippen molar-refractivity contribution in [2.24, 2.45) is 0 Å². The quantitative estimate of drug-likeness (QED) is 0.710. The summed E-state index contributed by atoms with van der Waals surface area (Å²) in [6, 6.07) is 3.70. The Balaban J connectivity index is 2.04. The molecule has 0 radical (unpaired) electrons. The van der Waals surface area contributed by atoms with E-state index < -0.39 is 11.7 Å². The Morgan fingerprint density at radius 1 is 1.24 bits per heavy atom. The predicted octanol–water partition coefficient (Wildman–Crippen LogP) is 3.73. The van der Waals surface area contributed by atoms with Crippen molar-refractivity contribution in [3.05, 3.63) is 41.0 Å². The lowest BCUT2D eigenvalue weighted by Crippen LogP contribution is -2.37. The lowest BCUT2D eigenvalue weighted by Gasteiger charge is -2.26. The lowest BCUT2D eigenvalue weighted by molar-refractivity contribution is 0.0576. The van der Waals surface area contributed by atoms with E-state index >= 15 is 0 Å². The molecule has 0 aliphatic heterocycles. The van der Waals surface area contributed by atoms with Crippen molar-refractivity contribution in [2.45, 2.75) is 39.8 Å². The van der Waals surface area contributed by atoms with Gasteiger partial charge in [-0.05, 0) is 61.5 Å². The van der Waals surface area contributed by atoms with Crippen LogP contribution in [0.15, 0.2) is 29.9 Å². The molecule has 0 atom stereocenters. The van der Waals surface area contributed by atoms with Crippen molar-refractivity contribution < 1.29 is 9.53 Å². The Bertz CT molecular complexity index is 889. The van der Waals surface area contributed by atoms with E-state index in [-0.39, 0.29) is 0 Å². The topological polar surface area (TPSA) is 81.1 Å². The van der Waals surface area contributed by atoms with E-state index in [0.717, 1.165) is 21.3 Å². The standard InChI is InChI=1S/C17H19N5O2S/c1-11-10-25-14-13(11)19-21-20-15(14)22(16(23)24-17(2,3)4)9-12-5-7-18-8-6-12/h5-8,10H,9H2,1-4H3. The molecule has 1 amide bonds. The number of fused-ring (bicyclic) bond motifs is 1. The minimum Gasteiger partial charge on any atom is -0.443 e. The van der Waals surface area contributed by atoms with Crippen LogP contribution in [-0.4, -0.2) is 32.1 Å². The van der Waals surface area contributed by atoms with E-state index in [1.807, 2.05) is 45.2 Å². The highest BCUT2D eigenvalue weighted by molar-refractivity contribution is 7.18. The number of carbonyl (C=O) groups excluding carboxylic acids is 1. The highest BCUT2D eigenvalue weighted by Crippen LogP contribution is 2.31. The monoisotopic (exact) mass is 357 g/mol. The largest absolute Gasteiger partial charge is 0.443 e. The van der Waals surface area contributed by atoms with Gasteiger partial charge in [-0.25, -0.2) is 4.79 Å². The smallest absolute Gasteiger partial charge is 0.416 e. The molecule has 0 aliphatic carbocycles. The summed E-state index contributed by atoms with van der Waals surface area (Å²) in [5.41, 5.74) is 2.06. The molecule has 0 aliphatic rings. The molecule has 0 saturated heterocycles. The number of pyridine rings is 1. The van der Waals surface area contributed by atoms with E-state index in [0.29, 0.717) is 12.4 Å². The Morgan fingerprint density at radius 2 is 1.96 bits per heavy atom. The van der Waals surface area contributed by atoms with Crippen molar-refractivity contribution in [3.63, 3.8) is 0 Å². The summed E-state index contributed by atoms with van der Waals surface area (Å²) in [5, 5.41) is 14.0. The van der Waals surface area contributed by atoms with Crippen molar-refractivity contribution in [1.29, 1.82) is 0 Å². The second-order valence-electron chi connectivity index (χ2n) is 6.63. The summed E-state index contributed by atoms with van der Waals surface area (Å²) in [5.74, 6) is 0.453. The van der Waals surface area contributed by atoms with Crippen LogP contribution < -0.4 is 4.90 Å². The number of anilines is 1. The van der Waals surface area contributed by atoms with E-state index in [4.69, 9.17) is 4.74 Å². The normalized spacial score (nSPS) is 11.5. The molecule has 7 nitrogen and oxygen atoms in total. The molecule has 8 heteroatoms. The minimum atomic E-state index is -0.613. The first kappa shape index (κ1) is 17.2. The molecule has 0 spiro atoms. The Hall–Kier alpha value is -2.61. The molecule has 0 aromatic carbocycles. The summed E-state index contributed by atoms with van der Waals surface area (Å²) in [4.78, 5) is 18.3. The first-order chi connectivity index (χ1) is 11.8. The highest BCUT2D eigenvalue weighted by atomic mass is 32.1. The third kappa shape index (κ3) is 3.90. The second kappa shape index (κ2) is 6.72. The molecule has 0 unspecified atom stereocenters. The molecule has 0 saturated carbocycles. The van der Waals surface area contributed by atoms with Gasteiger partial charge in [0.25, 0.3) is 0 Å². The fourth-order valence-electron chi connectivity index (χ4n) is 2.27. The summed E-state index contributed by atoms with van der Waals surface area (Å²) >= 11 is 1.49. The third-order valence-corrected chi connectivity index (χ3v) is 4.47. The first-order valence-corrected chi connectivity index (χ1v) is 8.70. The van der Waals surface area contributed by atoms with Gasteiger partial charge in [-0.3, -0.25) is 9.88 Å². The Kier molecular flexibility index (Phi) is 4.63. The molecule has 130 valence electrons. The van der Waals surface area contributed by atoms with Crippen LogP contribution in [0.3, 0.4) is 0 Å². The van der Waals surface area contributed by atoms with Crippen LogP contribution in [0, 0.1) is 6.92 Å². The van der Waals surface area contributed by atoms with Crippen LogP contribution in [0.5, 0.6) is 0 Å². The van der Waals surface area contributed by atoms with Crippen molar-refractivity contribution >= 4 is 33.5 Å². The number of aromatic nitrogens is 4. The molecule has 0 N–H and O–H groups in total. The summed E-state index contributed by atoms with van der Waals surface area (Å²) in [6.07, 6.45) is 2.90. The number of hydrogen-bond acceptors (Lipinski definition) is 7. The summed E-state index contributed by atoms with van der Waals surface area (Å²) in [6.45, 7) is 7.76. The fraction of sp³-hybridized carbons (Fsp3) is 0.353. The van der Waals surface area contributed by atoms with Gasteiger partial charge in [0.1, 0.15) is 11.1 Å². The van der Waals surface area contributed by atoms with Gasteiger partial charge in [-0.2, -0.15) is 0 Å². The maximum absolute atomic E-state index is 12.8. The van der Waals surface area contributed by atoms with Crippen LogP contribution in [0.25, 0.3) is 10.2 Å². The molecule has 0 bridgehead atoms. The van der Waals surface area contributed by atoms with E-state index in [9.17, 15) is 4.79 Å². The zero-order chi connectivity index (χ0) is 18.0. The van der Waals surface area contributed by atoms with Crippen molar-refractivity contribution in [2.75, 3.05) is 4.90 Å². The minimum absolute atomic E-state index is 0.308. The molecular formula is C17H19N5O2S. The molecule has 3 heterocycles. The van der Waals surface area contributed by atoms with E-state index in [1.165, 1.54) is 16.2 Å². The fourth-order valence-corrected chi connectivity index (χ4v) is 3.24. The molecule has 3 aromatic heterocycles. The van der Waals surface area contributed by atoms with Crippen LogP contribution in [-0.2, 0) is 11.3 Å². The van der Waals surface area contributed by atoms with Gasteiger partial charge in [-0.15, -0.1) is 21.5 Å². The van der Waals surface area contributed by atoms with Gasteiger partial charge < -0.3 is 4.74 Å². The number of rotatable bonds is 3. The zero-order valence-corrected chi connectivity index (χ0v) is 15.4. The van der Waals surface area contributed by atoms with E-state index in [2.05, 4.69) is 20.4 Å². The number of carbonyl (C=O) groups is 1. The summed E-state index contributed by atoms with van der Waals surface area (Å²) < 4.78 is 6.38. The number of ether oxygens (including phenoxy) is 1. The van der Waals surface area contributed by atoms with E-state index in [1.54, 1.807) is 12.4 Å². The van der Waals surface area contributed by atoms with Gasteiger partial charge in [0.05, 0.1) is 11.2 Å². The second-order valence-corrected chi connectivity index (χ2v) is 7.51. The SMILES string of the molecule is Cc1csc2c(N(Cc3ccncc3)C(=O)OC(C)(C)C)nnnc12. The van der Waals surface area contributed by atoms with Gasteiger partial charge in [-0.1, -0.05) is 0 Å². The van der Waals surface area contributed by atoms with Gasteiger partial charge in [0, 0.05) is 12.4 Å². The molecule has 0 fully saturated rings. The number of aryl methyl sites for hydroxylation is 1. The molecule has 3 rings (SSSR count). The van der Waals surface area contributed by atoms with Gasteiger partial charge in [0.15, 0.2) is 5.82 Å². The maximum atomic E-state index is 12.8. The number of amides is 1. The van der Waals surface area contributed by atoms with Crippen LogP contribution >= 0.6 is 11.3 Å². The highest BCUT2D eigenvalue weighted by Gasteiger charge is 2.27. The van der Waals surface area contributed by atoms with Crippen LogP contribution in [0.4, 0.5) is 10.6 Å². The number of hydrogen-bond donors (Lipinski definition) is 0. The van der Waals surface area contributed by atoms with Crippen LogP contribution in [0.1, 0.15) is 31.9 Å². The Morgan fingerprint density at radius 3 is 2.64 bits per heavy atom. The average molecular weight is 357 g/mol. The van der Waals surface area contributed by atoms with Crippen molar-refractivity contribution in [1.82, 2.24) is 20.4 Å². The zero-order valence-electron chi connectivity index (χ0n) is 14.6. The van der Waals surface area contributed by atoms with Gasteiger partial charge in [0.2, 0.25) is 0 Å². The molecule has 25 heavy (non-hydrogen) atoms. The predicted molar refractivity (Wildman–Crippen MR) is 96.6 cm³/mol. The molecular weight excluding hydrogens is 338 g/mol. The lowest BCUT2D eigenvalue weighted by atomic mass is 10.2. The maximum Gasteiger partial charge on any atom is 0.416 e. The number of thiophene rings is 1. The van der Waals surface area contributed by atoms with Gasteiger partial charge >= 0.3 is 6.09 Å². The van der Waals surface area contributed by atoms with Crippen LogP contribution in [0.2, 0.25) is 0 Å². The molecule has 3 aromatic rings. The Labute approximate surface area is 149 Å². The average Bonchev–Trinajstić information content (AvgIpc) is 2.94. The third-order valence-electron chi connectivity index (χ3n) is 3.39. The first-order valence-electron chi connectivity index (χ1n) is 7.82.